The first kappa shape index (κ1) is 26.0. The summed E-state index contributed by atoms with van der Waals surface area (Å²) in [7, 11) is 1.51. The topological polar surface area (TPSA) is 89.2 Å². The molecule has 1 aliphatic heterocycles. The van der Waals surface area contributed by atoms with Crippen LogP contribution >= 0.6 is 0 Å². The maximum Gasteiger partial charge on any atom is 0.296 e. The lowest BCUT2D eigenvalue weighted by Gasteiger charge is -2.25. The number of benzene rings is 2. The highest BCUT2D eigenvalue weighted by Gasteiger charge is 2.46. The smallest absolute Gasteiger partial charge is 0.296 e. The second-order valence-corrected chi connectivity index (χ2v) is 8.94. The van der Waals surface area contributed by atoms with E-state index >= 15 is 0 Å². The van der Waals surface area contributed by atoms with Crippen LogP contribution in [0.2, 0.25) is 0 Å². The molecule has 1 unspecified atom stereocenters. The molecule has 1 atom stereocenters. The van der Waals surface area contributed by atoms with Gasteiger partial charge >= 0.3 is 0 Å². The molecule has 0 aliphatic carbocycles. The van der Waals surface area contributed by atoms with Crippen molar-refractivity contribution in [1.29, 1.82) is 0 Å². The van der Waals surface area contributed by atoms with Gasteiger partial charge in [0.25, 0.3) is 11.7 Å². The highest BCUT2D eigenvalue weighted by atomic mass is 19.1. The summed E-state index contributed by atoms with van der Waals surface area (Å²) in [6, 6.07) is 11.7. The first-order chi connectivity index (χ1) is 17.8. The predicted octanol–water partition coefficient (Wildman–Crippen LogP) is 5.93. The number of likely N-dealkylation sites (tertiary alicyclic amines) is 1. The molecule has 1 saturated heterocycles. The zero-order valence-electron chi connectivity index (χ0n) is 21.1. The van der Waals surface area contributed by atoms with Gasteiger partial charge in [-0.3, -0.25) is 9.59 Å². The number of halogens is 1. The third-order valence-electron chi connectivity index (χ3n) is 6.40. The minimum Gasteiger partial charge on any atom is -0.507 e. The van der Waals surface area contributed by atoms with Crippen LogP contribution in [0.5, 0.6) is 11.5 Å². The van der Waals surface area contributed by atoms with E-state index in [9.17, 15) is 19.1 Å². The Kier molecular flexibility index (Phi) is 7.96. The third kappa shape index (κ3) is 5.38. The van der Waals surface area contributed by atoms with E-state index in [1.54, 1.807) is 37.3 Å². The van der Waals surface area contributed by atoms with Gasteiger partial charge < -0.3 is 23.9 Å². The number of amides is 1. The molecule has 4 rings (SSSR count). The van der Waals surface area contributed by atoms with Gasteiger partial charge in [-0.1, -0.05) is 38.0 Å². The van der Waals surface area contributed by atoms with E-state index in [0.717, 1.165) is 25.3 Å². The van der Waals surface area contributed by atoms with E-state index in [1.807, 2.05) is 0 Å². The number of Topliss-reactive ketones (excluding diaryl/α,β-unsaturated/α-hetero) is 1. The Hall–Kier alpha value is -4.07. The van der Waals surface area contributed by atoms with Gasteiger partial charge in [-0.25, -0.2) is 4.39 Å². The molecule has 0 spiro atoms. The van der Waals surface area contributed by atoms with Crippen LogP contribution < -0.4 is 9.47 Å². The van der Waals surface area contributed by atoms with E-state index in [1.165, 1.54) is 30.4 Å². The number of aliphatic hydroxyl groups is 1. The van der Waals surface area contributed by atoms with Crippen LogP contribution in [-0.2, 0) is 16.1 Å². The van der Waals surface area contributed by atoms with E-state index in [0.29, 0.717) is 35.0 Å². The molecule has 194 valence electrons. The molecule has 8 heteroatoms. The molecule has 1 aromatic heterocycles. The zero-order chi connectivity index (χ0) is 26.5. The quantitative estimate of drug-likeness (QED) is 0.158. The van der Waals surface area contributed by atoms with Crippen LogP contribution in [0.3, 0.4) is 0 Å². The Labute approximate surface area is 215 Å². The van der Waals surface area contributed by atoms with Crippen LogP contribution in [0.25, 0.3) is 5.76 Å². The predicted molar refractivity (Wildman–Crippen MR) is 136 cm³/mol. The molecular weight excluding hydrogens is 477 g/mol. The minimum absolute atomic E-state index is 0.00113. The molecule has 2 aromatic carbocycles. The fourth-order valence-corrected chi connectivity index (χ4v) is 4.36. The molecule has 1 amide bonds. The molecule has 2 heterocycles. The third-order valence-corrected chi connectivity index (χ3v) is 6.40. The number of nitrogens with zero attached hydrogens (tertiary/aromatic N) is 1. The van der Waals surface area contributed by atoms with Crippen molar-refractivity contribution in [3.05, 3.63) is 88.6 Å². The van der Waals surface area contributed by atoms with Crippen molar-refractivity contribution >= 4 is 17.4 Å². The number of aryl methyl sites for hydroxylation is 1. The summed E-state index contributed by atoms with van der Waals surface area (Å²) in [6.45, 7) is 4.23. The summed E-state index contributed by atoms with van der Waals surface area (Å²) in [5.74, 6) is -1.22. The molecule has 7 nitrogen and oxygen atoms in total. The number of carbonyl (C=O) groups excluding carboxylic acids is 2. The van der Waals surface area contributed by atoms with Gasteiger partial charge in [0, 0.05) is 5.56 Å². The van der Waals surface area contributed by atoms with Crippen LogP contribution in [0.1, 0.15) is 54.7 Å². The fraction of sp³-hybridized carbons (Fsp3) is 0.310. The van der Waals surface area contributed by atoms with Crippen LogP contribution in [-0.4, -0.2) is 35.4 Å². The van der Waals surface area contributed by atoms with Crippen molar-refractivity contribution < 1.29 is 33.0 Å². The number of methoxy groups -OCH3 is 1. The maximum absolute atomic E-state index is 14.3. The van der Waals surface area contributed by atoms with Crippen molar-refractivity contribution in [3.63, 3.8) is 0 Å². The summed E-state index contributed by atoms with van der Waals surface area (Å²) >= 11 is 0. The average molecular weight is 508 g/mol. The summed E-state index contributed by atoms with van der Waals surface area (Å²) in [5, 5.41) is 11.2. The molecule has 1 N–H and O–H groups in total. The fourth-order valence-electron chi connectivity index (χ4n) is 4.36. The normalized spacial score (nSPS) is 16.9. The Morgan fingerprint density at radius 1 is 1.11 bits per heavy atom. The molecule has 37 heavy (non-hydrogen) atoms. The van der Waals surface area contributed by atoms with Crippen molar-refractivity contribution in [1.82, 2.24) is 4.90 Å². The summed E-state index contributed by atoms with van der Waals surface area (Å²) in [5.41, 5.74) is 0.883. The molecule has 1 aliphatic rings. The summed E-state index contributed by atoms with van der Waals surface area (Å²) in [6.07, 6.45) is 4.49. The number of ketones is 1. The Morgan fingerprint density at radius 2 is 1.92 bits per heavy atom. The number of unbranched alkanes of at least 4 members (excludes halogenated alkanes) is 2. The Bertz CT molecular complexity index is 1310. The van der Waals surface area contributed by atoms with Crippen molar-refractivity contribution in [2.45, 2.75) is 45.7 Å². The molecule has 0 saturated carbocycles. The van der Waals surface area contributed by atoms with Gasteiger partial charge in [0.1, 0.15) is 17.3 Å². The minimum atomic E-state index is -0.961. The molecular formula is C29H30FNO6. The standard InChI is InChI=1S/C29H30FNO6/c1-4-5-6-13-37-23-12-11-19(16-24(23)35-3)26-25(27(32)20-10-9-18(2)22(30)15-20)28(33)29(34)31(26)17-21-8-7-14-36-21/h7-12,14-16,26,32H,4-6,13,17H2,1-3H3/b27-25+. The van der Waals surface area contributed by atoms with E-state index < -0.39 is 29.3 Å². The SMILES string of the molecule is CCCCCOc1ccc(C2/C(=C(\O)c3ccc(C)c(F)c3)C(=O)C(=O)N2Cc2ccco2)cc1OC. The molecule has 0 bridgehead atoms. The van der Waals surface area contributed by atoms with E-state index in [4.69, 9.17) is 13.9 Å². The van der Waals surface area contributed by atoms with Gasteiger partial charge in [-0.15, -0.1) is 0 Å². The molecule has 3 aromatic rings. The van der Waals surface area contributed by atoms with Gasteiger partial charge in [-0.05, 0) is 54.8 Å². The lowest BCUT2D eigenvalue weighted by atomic mass is 9.94. The van der Waals surface area contributed by atoms with Gasteiger partial charge in [0.2, 0.25) is 0 Å². The number of hydrogen-bond acceptors (Lipinski definition) is 6. The highest BCUT2D eigenvalue weighted by Crippen LogP contribution is 2.42. The summed E-state index contributed by atoms with van der Waals surface area (Å²) < 4.78 is 31.2. The zero-order valence-corrected chi connectivity index (χ0v) is 21.1. The van der Waals surface area contributed by atoms with Crippen molar-refractivity contribution in [2.75, 3.05) is 13.7 Å². The number of rotatable bonds is 10. The van der Waals surface area contributed by atoms with Crippen LogP contribution in [0, 0.1) is 12.7 Å². The Balaban J connectivity index is 1.80. The average Bonchev–Trinajstić information content (AvgIpc) is 3.50. The number of hydrogen-bond donors (Lipinski definition) is 1. The van der Waals surface area contributed by atoms with Crippen LogP contribution in [0.4, 0.5) is 4.39 Å². The molecule has 0 radical (unpaired) electrons. The van der Waals surface area contributed by atoms with Gasteiger partial charge in [-0.2, -0.15) is 0 Å². The highest BCUT2D eigenvalue weighted by molar-refractivity contribution is 6.46. The monoisotopic (exact) mass is 507 g/mol. The van der Waals surface area contributed by atoms with Crippen molar-refractivity contribution in [2.24, 2.45) is 0 Å². The number of aliphatic hydroxyl groups excluding tert-OH is 1. The van der Waals surface area contributed by atoms with E-state index in [-0.39, 0.29) is 17.7 Å². The Morgan fingerprint density at radius 3 is 2.59 bits per heavy atom. The van der Waals surface area contributed by atoms with Crippen LogP contribution in [0.15, 0.2) is 64.8 Å². The summed E-state index contributed by atoms with van der Waals surface area (Å²) in [4.78, 5) is 27.7. The largest absolute Gasteiger partial charge is 0.507 e. The number of carbonyl (C=O) groups is 2. The maximum atomic E-state index is 14.3. The number of furan rings is 1. The second kappa shape index (κ2) is 11.3. The first-order valence-electron chi connectivity index (χ1n) is 12.2. The van der Waals surface area contributed by atoms with E-state index in [2.05, 4.69) is 6.92 Å². The van der Waals surface area contributed by atoms with Crippen molar-refractivity contribution in [3.8, 4) is 11.5 Å². The lowest BCUT2D eigenvalue weighted by Crippen LogP contribution is -2.29. The number of ether oxygens (including phenoxy) is 2. The lowest BCUT2D eigenvalue weighted by molar-refractivity contribution is -0.140. The van der Waals surface area contributed by atoms with Gasteiger partial charge in [0.05, 0.1) is 38.1 Å². The first-order valence-corrected chi connectivity index (χ1v) is 12.2. The second-order valence-electron chi connectivity index (χ2n) is 8.94. The van der Waals surface area contributed by atoms with Gasteiger partial charge in [0.15, 0.2) is 11.5 Å². The molecule has 1 fully saturated rings.